The second kappa shape index (κ2) is 8.39. The summed E-state index contributed by atoms with van der Waals surface area (Å²) in [6.07, 6.45) is 4.14. The Morgan fingerprint density at radius 3 is 2.56 bits per heavy atom. The van der Waals surface area contributed by atoms with E-state index in [1.165, 1.54) is 0 Å². The zero-order valence-electron chi connectivity index (χ0n) is 10.7. The average molecular weight is 249 g/mol. The summed E-state index contributed by atoms with van der Waals surface area (Å²) in [5, 5.41) is 2.85. The van der Waals surface area contributed by atoms with E-state index in [0.29, 0.717) is 12.2 Å². The van der Waals surface area contributed by atoms with Crippen LogP contribution in [0, 0.1) is 4.91 Å². The van der Waals surface area contributed by atoms with Gasteiger partial charge in [-0.3, -0.25) is 0 Å². The van der Waals surface area contributed by atoms with Crippen LogP contribution in [0.5, 0.6) is 0 Å². The summed E-state index contributed by atoms with van der Waals surface area (Å²) in [6.45, 7) is 2.48. The first-order valence-electron chi connectivity index (χ1n) is 6.33. The zero-order valence-corrected chi connectivity index (χ0v) is 10.7. The lowest BCUT2D eigenvalue weighted by Gasteiger charge is -2.09. The number of carbonyl (C=O) groups is 1. The summed E-state index contributed by atoms with van der Waals surface area (Å²) in [5.74, 6) is -0.562. The Balaban J connectivity index is 2.41. The minimum absolute atomic E-state index is 0.359. The maximum absolute atomic E-state index is 11.7. The molecule has 0 N–H and O–H groups in total. The molecule has 18 heavy (non-hydrogen) atoms. The molecule has 0 saturated heterocycles. The van der Waals surface area contributed by atoms with Gasteiger partial charge in [0.05, 0.1) is 6.61 Å². The number of esters is 1. The van der Waals surface area contributed by atoms with Crippen LogP contribution in [0.15, 0.2) is 35.5 Å². The van der Waals surface area contributed by atoms with Crippen LogP contribution in [-0.4, -0.2) is 12.6 Å². The highest BCUT2D eigenvalue weighted by molar-refractivity contribution is 5.77. The van der Waals surface area contributed by atoms with Gasteiger partial charge < -0.3 is 4.74 Å². The molecule has 1 aromatic rings. The highest BCUT2D eigenvalue weighted by Crippen LogP contribution is 2.18. The van der Waals surface area contributed by atoms with E-state index in [-0.39, 0.29) is 0 Å². The predicted molar refractivity (Wildman–Crippen MR) is 70.1 cm³/mol. The molecular formula is C14H19NO3. The molecule has 98 valence electrons. The van der Waals surface area contributed by atoms with Crippen LogP contribution >= 0.6 is 0 Å². The maximum atomic E-state index is 11.7. The number of nitrogens with zero attached hydrogens (tertiary/aromatic N) is 1. The first-order chi connectivity index (χ1) is 8.79. The van der Waals surface area contributed by atoms with Crippen LogP contribution < -0.4 is 0 Å². The number of rotatable bonds is 8. The van der Waals surface area contributed by atoms with Gasteiger partial charge in [-0.25, -0.2) is 4.79 Å². The summed E-state index contributed by atoms with van der Waals surface area (Å²) in [5.41, 5.74) is 0.575. The van der Waals surface area contributed by atoms with E-state index < -0.39 is 12.0 Å². The second-order valence-electron chi connectivity index (χ2n) is 4.15. The van der Waals surface area contributed by atoms with E-state index in [2.05, 4.69) is 12.1 Å². The molecular weight excluding hydrogens is 230 g/mol. The van der Waals surface area contributed by atoms with Crippen molar-refractivity contribution in [2.75, 3.05) is 6.61 Å². The molecule has 0 radical (unpaired) electrons. The van der Waals surface area contributed by atoms with Gasteiger partial charge in [-0.2, -0.15) is 0 Å². The van der Waals surface area contributed by atoms with E-state index >= 15 is 0 Å². The third-order valence-electron chi connectivity index (χ3n) is 2.69. The van der Waals surface area contributed by atoms with Crippen LogP contribution in [-0.2, 0) is 9.53 Å². The van der Waals surface area contributed by atoms with Crippen LogP contribution in [0.4, 0.5) is 0 Å². The highest BCUT2D eigenvalue weighted by atomic mass is 16.5. The summed E-state index contributed by atoms with van der Waals surface area (Å²) in [6, 6.07) is 7.71. The lowest BCUT2D eigenvalue weighted by Crippen LogP contribution is -2.14. The van der Waals surface area contributed by atoms with Gasteiger partial charge in [-0.15, -0.1) is 4.91 Å². The molecule has 0 fully saturated rings. The van der Waals surface area contributed by atoms with Crippen molar-refractivity contribution in [3.8, 4) is 0 Å². The summed E-state index contributed by atoms with van der Waals surface area (Å²) < 4.78 is 5.06. The maximum Gasteiger partial charge on any atom is 0.339 e. The molecule has 1 aromatic carbocycles. The van der Waals surface area contributed by atoms with Gasteiger partial charge in [0.2, 0.25) is 6.04 Å². The number of hydrogen-bond acceptors (Lipinski definition) is 4. The lowest BCUT2D eigenvalue weighted by molar-refractivity contribution is -0.145. The van der Waals surface area contributed by atoms with Gasteiger partial charge in [-0.05, 0) is 17.2 Å². The number of nitroso groups, excluding NO2 is 1. The topological polar surface area (TPSA) is 55.7 Å². The summed E-state index contributed by atoms with van der Waals surface area (Å²) in [7, 11) is 0. The van der Waals surface area contributed by atoms with Gasteiger partial charge in [0.15, 0.2) is 0 Å². The molecule has 4 nitrogen and oxygen atoms in total. The van der Waals surface area contributed by atoms with Crippen molar-refractivity contribution < 1.29 is 9.53 Å². The molecule has 1 atom stereocenters. The minimum atomic E-state index is -1.04. The van der Waals surface area contributed by atoms with Crippen molar-refractivity contribution in [3.05, 3.63) is 40.8 Å². The Kier molecular flexibility index (Phi) is 6.69. The van der Waals surface area contributed by atoms with Crippen molar-refractivity contribution in [3.63, 3.8) is 0 Å². The first kappa shape index (κ1) is 14.4. The van der Waals surface area contributed by atoms with E-state index in [4.69, 9.17) is 4.74 Å². The Bertz CT molecular complexity index is 365. The lowest BCUT2D eigenvalue weighted by atomic mass is 10.1. The molecule has 0 heterocycles. The van der Waals surface area contributed by atoms with Crippen LogP contribution in [0.2, 0.25) is 0 Å². The SMILES string of the molecule is CCCCCCOC(=O)C(N=O)c1ccccc1. The van der Waals surface area contributed by atoms with Crippen LogP contribution in [0.25, 0.3) is 0 Å². The Morgan fingerprint density at radius 2 is 1.94 bits per heavy atom. The Labute approximate surface area is 107 Å². The molecule has 4 heteroatoms. The fraction of sp³-hybridized carbons (Fsp3) is 0.500. The molecule has 0 bridgehead atoms. The van der Waals surface area contributed by atoms with Crippen LogP contribution in [0.3, 0.4) is 0 Å². The van der Waals surface area contributed by atoms with Gasteiger partial charge in [0, 0.05) is 0 Å². The standard InChI is InChI=1S/C14H19NO3/c1-2-3-4-8-11-18-14(16)13(15-17)12-9-6-5-7-10-12/h5-7,9-10,13H,2-4,8,11H2,1H3. The molecule has 0 amide bonds. The van der Waals surface area contributed by atoms with Gasteiger partial charge >= 0.3 is 5.97 Å². The number of benzene rings is 1. The van der Waals surface area contributed by atoms with Crippen molar-refractivity contribution >= 4 is 5.97 Å². The third-order valence-corrected chi connectivity index (χ3v) is 2.69. The monoisotopic (exact) mass is 249 g/mol. The zero-order chi connectivity index (χ0) is 13.2. The van der Waals surface area contributed by atoms with Crippen molar-refractivity contribution in [1.29, 1.82) is 0 Å². The highest BCUT2D eigenvalue weighted by Gasteiger charge is 2.22. The molecule has 0 aliphatic rings. The Hall–Kier alpha value is -1.71. The van der Waals surface area contributed by atoms with Crippen LogP contribution in [0.1, 0.15) is 44.2 Å². The van der Waals surface area contributed by atoms with Crippen molar-refractivity contribution in [1.82, 2.24) is 0 Å². The van der Waals surface area contributed by atoms with Gasteiger partial charge in [0.25, 0.3) is 0 Å². The predicted octanol–water partition coefficient (Wildman–Crippen LogP) is 3.62. The molecule has 0 aliphatic carbocycles. The van der Waals surface area contributed by atoms with Gasteiger partial charge in [-0.1, -0.05) is 56.5 Å². The van der Waals surface area contributed by atoms with E-state index in [9.17, 15) is 9.70 Å². The molecule has 1 unspecified atom stereocenters. The van der Waals surface area contributed by atoms with E-state index in [1.807, 2.05) is 6.07 Å². The first-order valence-corrected chi connectivity index (χ1v) is 6.33. The average Bonchev–Trinajstić information content (AvgIpc) is 2.40. The number of hydrogen-bond donors (Lipinski definition) is 0. The summed E-state index contributed by atoms with van der Waals surface area (Å²) >= 11 is 0. The van der Waals surface area contributed by atoms with Crippen molar-refractivity contribution in [2.45, 2.75) is 38.6 Å². The fourth-order valence-electron chi connectivity index (χ4n) is 1.66. The third kappa shape index (κ3) is 4.65. The Morgan fingerprint density at radius 1 is 1.22 bits per heavy atom. The quantitative estimate of drug-likeness (QED) is 0.401. The largest absolute Gasteiger partial charge is 0.464 e. The smallest absolute Gasteiger partial charge is 0.339 e. The van der Waals surface area contributed by atoms with Gasteiger partial charge in [0.1, 0.15) is 0 Å². The number of unbranched alkanes of at least 4 members (excludes halogenated alkanes) is 3. The summed E-state index contributed by atoms with van der Waals surface area (Å²) in [4.78, 5) is 22.4. The number of ether oxygens (including phenoxy) is 1. The fourth-order valence-corrected chi connectivity index (χ4v) is 1.66. The second-order valence-corrected chi connectivity index (χ2v) is 4.15. The number of carbonyl (C=O) groups excluding carboxylic acids is 1. The molecule has 0 aromatic heterocycles. The molecule has 0 spiro atoms. The molecule has 1 rings (SSSR count). The van der Waals surface area contributed by atoms with E-state index in [0.717, 1.165) is 25.7 Å². The van der Waals surface area contributed by atoms with Crippen molar-refractivity contribution in [2.24, 2.45) is 5.18 Å². The molecule has 0 aliphatic heterocycles. The normalized spacial score (nSPS) is 11.8. The minimum Gasteiger partial charge on any atom is -0.464 e. The van der Waals surface area contributed by atoms with E-state index in [1.54, 1.807) is 24.3 Å². The molecule has 0 saturated carbocycles.